The Morgan fingerprint density at radius 2 is 2.05 bits per heavy atom. The molecule has 0 aromatic rings. The highest BCUT2D eigenvalue weighted by Gasteiger charge is 2.20. The number of nitrogens with zero attached hydrogens (tertiary/aromatic N) is 1. The number of amides is 1. The molecule has 1 saturated heterocycles. The highest BCUT2D eigenvalue weighted by atomic mass is 35.5. The maximum atomic E-state index is 12.0. The van der Waals surface area contributed by atoms with Gasteiger partial charge in [-0.15, -0.1) is 12.4 Å². The summed E-state index contributed by atoms with van der Waals surface area (Å²) in [6.45, 7) is 5.23. The van der Waals surface area contributed by atoms with Crippen LogP contribution in [0.1, 0.15) is 51.9 Å². The first kappa shape index (κ1) is 18.7. The lowest BCUT2D eigenvalue weighted by Crippen LogP contribution is -2.37. The lowest BCUT2D eigenvalue weighted by molar-refractivity contribution is -0.132. The summed E-state index contributed by atoms with van der Waals surface area (Å²) in [5, 5.41) is 0. The maximum Gasteiger partial charge on any atom is 0.222 e. The van der Waals surface area contributed by atoms with Gasteiger partial charge in [-0.05, 0) is 39.2 Å². The lowest BCUT2D eigenvalue weighted by atomic mass is 10.1. The topological polar surface area (TPSA) is 55.6 Å². The minimum Gasteiger partial charge on any atom is -0.376 e. The van der Waals surface area contributed by atoms with E-state index in [4.69, 9.17) is 10.5 Å². The molecule has 1 amide bonds. The van der Waals surface area contributed by atoms with Crippen molar-refractivity contribution in [1.82, 2.24) is 4.90 Å². The smallest absolute Gasteiger partial charge is 0.222 e. The van der Waals surface area contributed by atoms with Gasteiger partial charge in [0.1, 0.15) is 0 Å². The fraction of sp³-hybridized carbons (Fsp3) is 0.929. The molecule has 1 atom stereocenters. The van der Waals surface area contributed by atoms with Gasteiger partial charge in [0.2, 0.25) is 5.91 Å². The Morgan fingerprint density at radius 1 is 1.32 bits per heavy atom. The van der Waals surface area contributed by atoms with Gasteiger partial charge in [-0.25, -0.2) is 0 Å². The second kappa shape index (κ2) is 11.5. The van der Waals surface area contributed by atoms with Crippen LogP contribution in [-0.2, 0) is 9.53 Å². The van der Waals surface area contributed by atoms with E-state index in [9.17, 15) is 4.79 Å². The van der Waals surface area contributed by atoms with Crippen molar-refractivity contribution in [3.8, 4) is 0 Å². The number of hydrogen-bond acceptors (Lipinski definition) is 3. The van der Waals surface area contributed by atoms with Crippen LogP contribution < -0.4 is 5.73 Å². The monoisotopic (exact) mass is 292 g/mol. The molecular formula is C14H29ClN2O2. The fourth-order valence-electron chi connectivity index (χ4n) is 2.37. The Morgan fingerprint density at radius 3 is 2.63 bits per heavy atom. The molecule has 4 nitrogen and oxygen atoms in total. The van der Waals surface area contributed by atoms with Crippen LogP contribution in [0.4, 0.5) is 0 Å². The fourth-order valence-corrected chi connectivity index (χ4v) is 2.37. The van der Waals surface area contributed by atoms with Crippen LogP contribution in [0.2, 0.25) is 0 Å². The summed E-state index contributed by atoms with van der Waals surface area (Å²) in [6, 6.07) is 0. The number of carbonyl (C=O) groups is 1. The standard InChI is InChI=1S/C14H28N2O2.ClH/c1-2-16(12-13-8-7-11-18-13)14(17)9-5-3-4-6-10-15;/h13H,2-12,15H2,1H3;1H. The molecule has 1 heterocycles. The summed E-state index contributed by atoms with van der Waals surface area (Å²) >= 11 is 0. The number of nitrogens with two attached hydrogens (primary N) is 1. The number of likely N-dealkylation sites (N-methyl/N-ethyl adjacent to an activating group) is 1. The normalized spacial score (nSPS) is 18.1. The van der Waals surface area contributed by atoms with E-state index in [1.807, 2.05) is 11.8 Å². The van der Waals surface area contributed by atoms with Gasteiger partial charge < -0.3 is 15.4 Å². The highest BCUT2D eigenvalue weighted by molar-refractivity contribution is 5.85. The quantitative estimate of drug-likeness (QED) is 0.664. The summed E-state index contributed by atoms with van der Waals surface area (Å²) in [5.41, 5.74) is 5.44. The number of unbranched alkanes of at least 4 members (excludes halogenated alkanes) is 3. The Kier molecular flexibility index (Phi) is 11.3. The van der Waals surface area contributed by atoms with Crippen molar-refractivity contribution in [2.45, 2.75) is 58.0 Å². The van der Waals surface area contributed by atoms with Gasteiger partial charge in [0.05, 0.1) is 6.10 Å². The predicted molar refractivity (Wildman–Crippen MR) is 80.6 cm³/mol. The Labute approximate surface area is 123 Å². The van der Waals surface area contributed by atoms with Crippen LogP contribution in [0.15, 0.2) is 0 Å². The summed E-state index contributed by atoms with van der Waals surface area (Å²) in [5.74, 6) is 0.278. The van der Waals surface area contributed by atoms with Gasteiger partial charge in [0.15, 0.2) is 0 Å². The molecule has 0 saturated carbocycles. The van der Waals surface area contributed by atoms with Gasteiger partial charge in [-0.2, -0.15) is 0 Å². The molecule has 19 heavy (non-hydrogen) atoms. The summed E-state index contributed by atoms with van der Waals surface area (Å²) in [4.78, 5) is 14.0. The first-order valence-corrected chi connectivity index (χ1v) is 7.37. The number of carbonyl (C=O) groups excluding carboxylic acids is 1. The van der Waals surface area contributed by atoms with E-state index < -0.39 is 0 Å². The van der Waals surface area contributed by atoms with Gasteiger partial charge in [0, 0.05) is 26.1 Å². The molecule has 2 N–H and O–H groups in total. The summed E-state index contributed by atoms with van der Waals surface area (Å²) in [6.07, 6.45) is 7.48. The van der Waals surface area contributed by atoms with Crippen LogP contribution in [-0.4, -0.2) is 43.2 Å². The number of hydrogen-bond donors (Lipinski definition) is 1. The van der Waals surface area contributed by atoms with E-state index in [0.717, 1.165) is 64.8 Å². The number of halogens is 1. The van der Waals surface area contributed by atoms with E-state index in [-0.39, 0.29) is 24.4 Å². The Bertz CT molecular complexity index is 233. The van der Waals surface area contributed by atoms with E-state index >= 15 is 0 Å². The second-order valence-electron chi connectivity index (χ2n) is 5.02. The SMILES string of the molecule is CCN(CC1CCCO1)C(=O)CCCCCCN.Cl. The average molecular weight is 293 g/mol. The predicted octanol–water partition coefficient (Wildman–Crippen LogP) is 2.34. The zero-order valence-electron chi connectivity index (χ0n) is 12.1. The van der Waals surface area contributed by atoms with Crippen molar-refractivity contribution in [2.75, 3.05) is 26.2 Å². The van der Waals surface area contributed by atoms with Crippen molar-refractivity contribution >= 4 is 18.3 Å². The third-order valence-corrected chi connectivity index (χ3v) is 3.53. The molecule has 0 radical (unpaired) electrons. The molecule has 114 valence electrons. The molecule has 1 rings (SSSR count). The average Bonchev–Trinajstić information content (AvgIpc) is 2.88. The minimum absolute atomic E-state index is 0. The largest absolute Gasteiger partial charge is 0.376 e. The van der Waals surface area contributed by atoms with E-state index in [1.165, 1.54) is 0 Å². The van der Waals surface area contributed by atoms with Crippen molar-refractivity contribution in [1.29, 1.82) is 0 Å². The number of ether oxygens (including phenoxy) is 1. The minimum atomic E-state index is 0. The number of rotatable bonds is 9. The molecule has 0 aromatic heterocycles. The zero-order chi connectivity index (χ0) is 13.2. The molecular weight excluding hydrogens is 264 g/mol. The van der Waals surface area contributed by atoms with Crippen LogP contribution in [0, 0.1) is 0 Å². The third kappa shape index (κ3) is 7.75. The van der Waals surface area contributed by atoms with Crippen molar-refractivity contribution in [3.05, 3.63) is 0 Å². The highest BCUT2D eigenvalue weighted by Crippen LogP contribution is 2.14. The van der Waals surface area contributed by atoms with Gasteiger partial charge in [-0.1, -0.05) is 12.8 Å². The molecule has 0 aliphatic carbocycles. The van der Waals surface area contributed by atoms with Crippen LogP contribution >= 0.6 is 12.4 Å². The first-order valence-electron chi connectivity index (χ1n) is 7.37. The lowest BCUT2D eigenvalue weighted by Gasteiger charge is -2.24. The molecule has 0 aromatic carbocycles. The van der Waals surface area contributed by atoms with Crippen molar-refractivity contribution < 1.29 is 9.53 Å². The summed E-state index contributed by atoms with van der Waals surface area (Å²) < 4.78 is 5.59. The second-order valence-corrected chi connectivity index (χ2v) is 5.02. The molecule has 0 spiro atoms. The molecule has 1 aliphatic heterocycles. The van der Waals surface area contributed by atoms with Gasteiger partial charge in [0.25, 0.3) is 0 Å². The Hall–Kier alpha value is -0.320. The Balaban J connectivity index is 0.00000324. The van der Waals surface area contributed by atoms with Crippen molar-refractivity contribution in [2.24, 2.45) is 5.73 Å². The molecule has 1 aliphatic rings. The van der Waals surface area contributed by atoms with Crippen LogP contribution in [0.3, 0.4) is 0 Å². The van der Waals surface area contributed by atoms with Crippen LogP contribution in [0.25, 0.3) is 0 Å². The maximum absolute atomic E-state index is 12.0. The molecule has 5 heteroatoms. The van der Waals surface area contributed by atoms with Crippen molar-refractivity contribution in [3.63, 3.8) is 0 Å². The van der Waals surface area contributed by atoms with E-state index in [2.05, 4.69) is 0 Å². The van der Waals surface area contributed by atoms with E-state index in [1.54, 1.807) is 0 Å². The molecule has 0 bridgehead atoms. The van der Waals surface area contributed by atoms with Gasteiger partial charge >= 0.3 is 0 Å². The molecule has 1 fully saturated rings. The molecule has 1 unspecified atom stereocenters. The summed E-state index contributed by atoms with van der Waals surface area (Å²) in [7, 11) is 0. The zero-order valence-corrected chi connectivity index (χ0v) is 12.9. The van der Waals surface area contributed by atoms with Crippen LogP contribution in [0.5, 0.6) is 0 Å². The van der Waals surface area contributed by atoms with E-state index in [0.29, 0.717) is 6.42 Å². The third-order valence-electron chi connectivity index (χ3n) is 3.53. The first-order chi connectivity index (χ1) is 8.77. The van der Waals surface area contributed by atoms with Gasteiger partial charge in [-0.3, -0.25) is 4.79 Å².